The number of ether oxygens (including phenoxy) is 1. The molecule has 26 heavy (non-hydrogen) atoms. The number of aromatic nitrogens is 1. The monoisotopic (exact) mass is 348 g/mol. The number of hydrogen-bond acceptors (Lipinski definition) is 3. The molecule has 0 bridgehead atoms. The molecule has 1 atom stereocenters. The zero-order valence-corrected chi connectivity index (χ0v) is 14.3. The first-order valence-corrected chi connectivity index (χ1v) is 8.80. The smallest absolute Gasteiger partial charge is 0.311 e. The molecule has 132 valence electrons. The summed E-state index contributed by atoms with van der Waals surface area (Å²) >= 11 is 0. The lowest BCUT2D eigenvalue weighted by Crippen LogP contribution is -2.33. The summed E-state index contributed by atoms with van der Waals surface area (Å²) < 4.78 is 5.58. The Labute approximate surface area is 151 Å². The summed E-state index contributed by atoms with van der Waals surface area (Å²) in [5, 5.41) is 3.91. The fourth-order valence-electron chi connectivity index (χ4n) is 3.01. The summed E-state index contributed by atoms with van der Waals surface area (Å²) in [6.45, 7) is 0. The maximum Gasteiger partial charge on any atom is 0.311 e. The summed E-state index contributed by atoms with van der Waals surface area (Å²) in [6.07, 6.45) is 2.97. The second kappa shape index (κ2) is 7.04. The van der Waals surface area contributed by atoms with E-state index in [1.54, 1.807) is 12.1 Å². The average molecular weight is 348 g/mol. The number of esters is 1. The van der Waals surface area contributed by atoms with Crippen LogP contribution in [0.15, 0.2) is 60.8 Å². The molecule has 1 amide bonds. The molecule has 1 saturated carbocycles. The van der Waals surface area contributed by atoms with Crippen LogP contribution in [0.4, 0.5) is 0 Å². The molecule has 1 aliphatic rings. The molecule has 1 aliphatic carbocycles. The van der Waals surface area contributed by atoms with E-state index in [0.717, 1.165) is 29.3 Å². The molecule has 5 nitrogen and oxygen atoms in total. The molecule has 5 heteroatoms. The van der Waals surface area contributed by atoms with Gasteiger partial charge in [0.15, 0.2) is 0 Å². The number of aromatic amines is 1. The molecule has 0 radical (unpaired) electrons. The van der Waals surface area contributed by atoms with Crippen molar-refractivity contribution < 1.29 is 14.3 Å². The van der Waals surface area contributed by atoms with Gasteiger partial charge in [0.2, 0.25) is 6.10 Å². The number of carbonyl (C=O) groups is 2. The highest BCUT2D eigenvalue weighted by Crippen LogP contribution is 2.24. The second-order valence-corrected chi connectivity index (χ2v) is 6.60. The lowest BCUT2D eigenvalue weighted by Gasteiger charge is -2.18. The van der Waals surface area contributed by atoms with Crippen molar-refractivity contribution >= 4 is 22.8 Å². The van der Waals surface area contributed by atoms with Gasteiger partial charge in [-0.05, 0) is 24.5 Å². The number of benzene rings is 2. The lowest BCUT2D eigenvalue weighted by atomic mass is 10.1. The first kappa shape index (κ1) is 16.4. The molecule has 1 heterocycles. The van der Waals surface area contributed by atoms with Crippen LogP contribution >= 0.6 is 0 Å². The number of H-pyrrole nitrogens is 1. The van der Waals surface area contributed by atoms with Gasteiger partial charge in [-0.2, -0.15) is 0 Å². The summed E-state index contributed by atoms with van der Waals surface area (Å²) in [4.78, 5) is 28.2. The molecule has 2 N–H and O–H groups in total. The predicted molar refractivity (Wildman–Crippen MR) is 98.4 cm³/mol. The number of rotatable bonds is 6. The summed E-state index contributed by atoms with van der Waals surface area (Å²) in [5.41, 5.74) is 2.51. The highest BCUT2D eigenvalue weighted by atomic mass is 16.5. The van der Waals surface area contributed by atoms with Gasteiger partial charge < -0.3 is 15.0 Å². The van der Waals surface area contributed by atoms with E-state index in [9.17, 15) is 9.59 Å². The normalized spacial score (nSPS) is 14.8. The van der Waals surface area contributed by atoms with Crippen molar-refractivity contribution in [3.63, 3.8) is 0 Å². The Morgan fingerprint density at radius 2 is 1.81 bits per heavy atom. The largest absolute Gasteiger partial charge is 0.447 e. The lowest BCUT2D eigenvalue weighted by molar-refractivity contribution is -0.155. The van der Waals surface area contributed by atoms with E-state index in [1.807, 2.05) is 48.7 Å². The number of carbonyl (C=O) groups excluding carboxylic acids is 2. The molecule has 1 aromatic heterocycles. The van der Waals surface area contributed by atoms with E-state index < -0.39 is 12.1 Å². The predicted octanol–water partition coefficient (Wildman–Crippen LogP) is 3.27. The molecule has 0 aliphatic heterocycles. The number of fused-ring (bicyclic) bond motifs is 1. The van der Waals surface area contributed by atoms with Gasteiger partial charge in [-0.3, -0.25) is 9.59 Å². The molecule has 2 aromatic carbocycles. The first-order chi connectivity index (χ1) is 12.7. The minimum Gasteiger partial charge on any atom is -0.447 e. The maximum atomic E-state index is 12.5. The maximum absolute atomic E-state index is 12.5. The van der Waals surface area contributed by atoms with Gasteiger partial charge in [0, 0.05) is 28.7 Å². The fraction of sp³-hybridized carbons (Fsp3) is 0.238. The van der Waals surface area contributed by atoms with Gasteiger partial charge in [-0.1, -0.05) is 48.5 Å². The quantitative estimate of drug-likeness (QED) is 0.672. The van der Waals surface area contributed by atoms with Gasteiger partial charge in [-0.15, -0.1) is 0 Å². The van der Waals surface area contributed by atoms with Gasteiger partial charge in [-0.25, -0.2) is 0 Å². The van der Waals surface area contributed by atoms with Crippen molar-refractivity contribution in [1.82, 2.24) is 10.3 Å². The Bertz CT molecular complexity index is 929. The van der Waals surface area contributed by atoms with Crippen LogP contribution in [0.25, 0.3) is 10.9 Å². The zero-order valence-electron chi connectivity index (χ0n) is 14.3. The molecule has 1 fully saturated rings. The van der Waals surface area contributed by atoms with Crippen LogP contribution in [0.2, 0.25) is 0 Å². The van der Waals surface area contributed by atoms with E-state index >= 15 is 0 Å². The first-order valence-electron chi connectivity index (χ1n) is 8.80. The third-order valence-corrected chi connectivity index (χ3v) is 4.52. The summed E-state index contributed by atoms with van der Waals surface area (Å²) in [6, 6.07) is 17.1. The Hall–Kier alpha value is -3.08. The Morgan fingerprint density at radius 3 is 2.58 bits per heavy atom. The second-order valence-electron chi connectivity index (χ2n) is 6.60. The zero-order chi connectivity index (χ0) is 17.9. The van der Waals surface area contributed by atoms with E-state index in [-0.39, 0.29) is 18.4 Å². The topological polar surface area (TPSA) is 71.2 Å². The minimum absolute atomic E-state index is 0.115. The van der Waals surface area contributed by atoms with Crippen molar-refractivity contribution in [2.24, 2.45) is 0 Å². The van der Waals surface area contributed by atoms with E-state index in [1.165, 1.54) is 0 Å². The van der Waals surface area contributed by atoms with Gasteiger partial charge in [0.05, 0.1) is 6.42 Å². The molecular formula is C21H20N2O3. The van der Waals surface area contributed by atoms with Crippen molar-refractivity contribution in [2.45, 2.75) is 31.4 Å². The van der Waals surface area contributed by atoms with Crippen molar-refractivity contribution in [3.05, 3.63) is 71.9 Å². The van der Waals surface area contributed by atoms with Gasteiger partial charge >= 0.3 is 5.97 Å². The number of amides is 1. The van der Waals surface area contributed by atoms with Crippen LogP contribution in [0, 0.1) is 0 Å². The number of nitrogens with one attached hydrogen (secondary N) is 2. The van der Waals surface area contributed by atoms with Crippen molar-refractivity contribution in [1.29, 1.82) is 0 Å². The molecule has 0 saturated heterocycles. The fourth-order valence-corrected chi connectivity index (χ4v) is 3.01. The average Bonchev–Trinajstić information content (AvgIpc) is 3.39. The van der Waals surface area contributed by atoms with Crippen molar-refractivity contribution in [3.8, 4) is 0 Å². The minimum atomic E-state index is -0.922. The van der Waals surface area contributed by atoms with E-state index in [2.05, 4.69) is 10.3 Å². The Balaban J connectivity index is 1.51. The van der Waals surface area contributed by atoms with Crippen LogP contribution in [0.3, 0.4) is 0 Å². The molecule has 0 unspecified atom stereocenters. The third-order valence-electron chi connectivity index (χ3n) is 4.52. The molecular weight excluding hydrogens is 328 g/mol. The van der Waals surface area contributed by atoms with E-state index in [0.29, 0.717) is 5.56 Å². The highest BCUT2D eigenvalue weighted by Gasteiger charge is 2.30. The summed E-state index contributed by atoms with van der Waals surface area (Å²) in [5.74, 6) is -0.680. The van der Waals surface area contributed by atoms with Crippen LogP contribution in [-0.2, 0) is 20.7 Å². The summed E-state index contributed by atoms with van der Waals surface area (Å²) in [7, 11) is 0. The van der Waals surface area contributed by atoms with Crippen molar-refractivity contribution in [2.75, 3.05) is 0 Å². The van der Waals surface area contributed by atoms with Crippen LogP contribution < -0.4 is 5.32 Å². The highest BCUT2D eigenvalue weighted by molar-refractivity contribution is 5.89. The SMILES string of the molecule is O=C(Cc1c[nH]c2ccccc12)O[C@@H](C(=O)NC1CC1)c1ccccc1. The van der Waals surface area contributed by atoms with Gasteiger partial charge in [0.1, 0.15) is 0 Å². The van der Waals surface area contributed by atoms with E-state index in [4.69, 9.17) is 4.74 Å². The van der Waals surface area contributed by atoms with Gasteiger partial charge in [0.25, 0.3) is 5.91 Å². The third kappa shape index (κ3) is 3.61. The standard InChI is InChI=1S/C21H20N2O3/c24-19(12-15-13-22-18-9-5-4-8-17(15)18)26-20(14-6-2-1-3-7-14)21(25)23-16-10-11-16/h1-9,13,16,20,22H,10-12H2,(H,23,25)/t20-/m1/s1. The Morgan fingerprint density at radius 1 is 1.08 bits per heavy atom. The molecule has 4 rings (SSSR count). The van der Waals surface area contributed by atoms with Crippen LogP contribution in [-0.4, -0.2) is 22.9 Å². The Kier molecular flexibility index (Phi) is 4.44. The van der Waals surface area contributed by atoms with Crippen LogP contribution in [0.1, 0.15) is 30.1 Å². The number of hydrogen-bond donors (Lipinski definition) is 2. The molecule has 0 spiro atoms. The number of para-hydroxylation sites is 1. The molecule has 3 aromatic rings. The van der Waals surface area contributed by atoms with Crippen LogP contribution in [0.5, 0.6) is 0 Å².